The van der Waals surface area contributed by atoms with Gasteiger partial charge in [-0.3, -0.25) is 9.11 Å². The van der Waals surface area contributed by atoms with Gasteiger partial charge in [0.15, 0.2) is 0 Å². The van der Waals surface area contributed by atoms with Gasteiger partial charge >= 0.3 is 11.9 Å². The minimum absolute atomic E-state index is 0.128. The summed E-state index contributed by atoms with van der Waals surface area (Å²) in [6, 6.07) is 5.47. The molecule has 27 heavy (non-hydrogen) atoms. The van der Waals surface area contributed by atoms with Crippen molar-refractivity contribution in [1.29, 1.82) is 0 Å². The van der Waals surface area contributed by atoms with Crippen LogP contribution in [0.15, 0.2) is 46.2 Å². The SMILES string of the molecule is O=C(OC(=O)c1ccc(Cl)cc1S(=O)(=O)O)c1ccc(Cl)cc1S(=O)(=O)O. The summed E-state index contributed by atoms with van der Waals surface area (Å²) in [5.74, 6) is -3.03. The fourth-order valence-corrected chi connectivity index (χ4v) is 3.83. The average molecular weight is 455 g/mol. The number of esters is 2. The van der Waals surface area contributed by atoms with Crippen molar-refractivity contribution in [2.45, 2.75) is 9.79 Å². The molecule has 0 heterocycles. The zero-order chi connectivity index (χ0) is 20.6. The highest BCUT2D eigenvalue weighted by molar-refractivity contribution is 7.86. The van der Waals surface area contributed by atoms with Crippen LogP contribution >= 0.6 is 23.2 Å². The number of carbonyl (C=O) groups is 2. The minimum Gasteiger partial charge on any atom is -0.386 e. The number of benzene rings is 2. The Bertz CT molecular complexity index is 1060. The molecule has 13 heteroatoms. The molecule has 0 aliphatic carbocycles. The van der Waals surface area contributed by atoms with E-state index in [0.29, 0.717) is 0 Å². The van der Waals surface area contributed by atoms with Gasteiger partial charge < -0.3 is 4.74 Å². The quantitative estimate of drug-likeness (QED) is 0.402. The fourth-order valence-electron chi connectivity index (χ4n) is 1.95. The molecule has 0 fully saturated rings. The van der Waals surface area contributed by atoms with E-state index < -0.39 is 53.1 Å². The summed E-state index contributed by atoms with van der Waals surface area (Å²) in [6.45, 7) is 0. The lowest BCUT2D eigenvalue weighted by molar-refractivity contribution is 0.0391. The van der Waals surface area contributed by atoms with Crippen molar-refractivity contribution in [2.75, 3.05) is 0 Å². The molecule has 2 rings (SSSR count). The first-order valence-corrected chi connectivity index (χ1v) is 10.2. The number of rotatable bonds is 4. The van der Waals surface area contributed by atoms with Gasteiger partial charge in [-0.15, -0.1) is 0 Å². The molecule has 0 spiro atoms. The summed E-state index contributed by atoms with van der Waals surface area (Å²) in [7, 11) is -9.78. The molecule has 9 nitrogen and oxygen atoms in total. The second-order valence-corrected chi connectivity index (χ2v) is 8.56. The third kappa shape index (κ3) is 5.03. The normalized spacial score (nSPS) is 11.9. The maximum absolute atomic E-state index is 12.1. The maximum atomic E-state index is 12.1. The smallest absolute Gasteiger partial charge is 0.347 e. The summed E-state index contributed by atoms with van der Waals surface area (Å²) < 4.78 is 68.3. The van der Waals surface area contributed by atoms with E-state index in [1.54, 1.807) is 0 Å². The molecule has 0 atom stereocenters. The van der Waals surface area contributed by atoms with Gasteiger partial charge in [0, 0.05) is 10.0 Å². The molecule has 0 aliphatic rings. The molecule has 0 unspecified atom stereocenters. The summed E-state index contributed by atoms with van der Waals surface area (Å²) in [4.78, 5) is 22.4. The first-order valence-electron chi connectivity index (χ1n) is 6.61. The van der Waals surface area contributed by atoms with Crippen LogP contribution in [0.4, 0.5) is 0 Å². The van der Waals surface area contributed by atoms with Crippen molar-refractivity contribution in [1.82, 2.24) is 0 Å². The van der Waals surface area contributed by atoms with Gasteiger partial charge in [0.2, 0.25) is 0 Å². The van der Waals surface area contributed by atoms with E-state index in [1.807, 2.05) is 0 Å². The number of hydrogen-bond donors (Lipinski definition) is 2. The van der Waals surface area contributed by atoms with E-state index in [-0.39, 0.29) is 10.0 Å². The Kier molecular flexibility index (Phi) is 5.94. The Hall–Kier alpha value is -2.02. The molecule has 0 saturated heterocycles. The molecular formula is C14H8Cl2O9S2. The van der Waals surface area contributed by atoms with Crippen molar-refractivity contribution < 1.29 is 40.3 Å². The summed E-state index contributed by atoms with van der Waals surface area (Å²) >= 11 is 11.2. The van der Waals surface area contributed by atoms with Crippen LogP contribution in [0.3, 0.4) is 0 Å². The Morgan fingerprint density at radius 2 is 1.07 bits per heavy atom. The molecule has 0 aliphatic heterocycles. The van der Waals surface area contributed by atoms with Gasteiger partial charge in [-0.25, -0.2) is 9.59 Å². The van der Waals surface area contributed by atoms with Crippen molar-refractivity contribution in [3.8, 4) is 0 Å². The van der Waals surface area contributed by atoms with Gasteiger partial charge in [0.1, 0.15) is 9.79 Å². The highest BCUT2D eigenvalue weighted by Crippen LogP contribution is 2.24. The van der Waals surface area contributed by atoms with Crippen LogP contribution in [0, 0.1) is 0 Å². The maximum Gasteiger partial charge on any atom is 0.347 e. The highest BCUT2D eigenvalue weighted by Gasteiger charge is 2.27. The van der Waals surface area contributed by atoms with Crippen molar-refractivity contribution in [2.24, 2.45) is 0 Å². The lowest BCUT2D eigenvalue weighted by Crippen LogP contribution is -2.18. The van der Waals surface area contributed by atoms with Gasteiger partial charge in [-0.05, 0) is 36.4 Å². The second kappa shape index (κ2) is 7.54. The summed E-state index contributed by atoms with van der Waals surface area (Å²) in [6.07, 6.45) is 0. The van der Waals surface area contributed by atoms with E-state index in [1.165, 1.54) is 0 Å². The lowest BCUT2D eigenvalue weighted by atomic mass is 10.2. The van der Waals surface area contributed by atoms with Crippen LogP contribution in [0.1, 0.15) is 20.7 Å². The van der Waals surface area contributed by atoms with Crippen molar-refractivity contribution in [3.63, 3.8) is 0 Å². The van der Waals surface area contributed by atoms with Crippen LogP contribution in [0.2, 0.25) is 10.0 Å². The molecular weight excluding hydrogens is 447 g/mol. The third-order valence-electron chi connectivity index (χ3n) is 3.07. The zero-order valence-electron chi connectivity index (χ0n) is 12.8. The first-order chi connectivity index (χ1) is 12.3. The number of hydrogen-bond acceptors (Lipinski definition) is 7. The third-order valence-corrected chi connectivity index (χ3v) is 5.33. The second-order valence-electron chi connectivity index (χ2n) is 4.91. The Morgan fingerprint density at radius 1 is 0.741 bits per heavy atom. The Labute approximate surface area is 163 Å². The van der Waals surface area contributed by atoms with Gasteiger partial charge in [0.25, 0.3) is 20.2 Å². The molecule has 0 aromatic heterocycles. The molecule has 0 radical (unpaired) electrons. The number of carbonyl (C=O) groups excluding carboxylic acids is 2. The van der Waals surface area contributed by atoms with E-state index >= 15 is 0 Å². The molecule has 0 bridgehead atoms. The number of ether oxygens (including phenoxy) is 1. The van der Waals surface area contributed by atoms with Crippen molar-refractivity contribution in [3.05, 3.63) is 57.6 Å². The van der Waals surface area contributed by atoms with Crippen LogP contribution in [-0.2, 0) is 25.0 Å². The summed E-state index contributed by atoms with van der Waals surface area (Å²) in [5, 5.41) is -0.256. The van der Waals surface area contributed by atoms with Crippen LogP contribution < -0.4 is 0 Å². The molecule has 0 amide bonds. The van der Waals surface area contributed by atoms with Gasteiger partial charge in [-0.2, -0.15) is 16.8 Å². The Balaban J connectivity index is 2.46. The molecule has 2 aromatic rings. The monoisotopic (exact) mass is 454 g/mol. The zero-order valence-corrected chi connectivity index (χ0v) is 15.9. The highest BCUT2D eigenvalue weighted by atomic mass is 35.5. The van der Waals surface area contributed by atoms with Crippen LogP contribution in [0.5, 0.6) is 0 Å². The summed E-state index contributed by atoms with van der Waals surface area (Å²) in [5.41, 5.74) is -1.45. The van der Waals surface area contributed by atoms with Gasteiger partial charge in [0.05, 0.1) is 11.1 Å². The van der Waals surface area contributed by atoms with Crippen molar-refractivity contribution >= 4 is 55.4 Å². The van der Waals surface area contributed by atoms with E-state index in [0.717, 1.165) is 36.4 Å². The molecule has 0 saturated carbocycles. The first kappa shape index (κ1) is 21.3. The molecule has 144 valence electrons. The predicted molar refractivity (Wildman–Crippen MR) is 92.3 cm³/mol. The van der Waals surface area contributed by atoms with E-state index in [4.69, 9.17) is 32.3 Å². The molecule has 2 N–H and O–H groups in total. The van der Waals surface area contributed by atoms with Crippen LogP contribution in [0.25, 0.3) is 0 Å². The largest absolute Gasteiger partial charge is 0.386 e. The van der Waals surface area contributed by atoms with Crippen LogP contribution in [-0.4, -0.2) is 37.9 Å². The predicted octanol–water partition coefficient (Wildman–Crippen LogP) is 2.48. The van der Waals surface area contributed by atoms with E-state index in [2.05, 4.69) is 4.74 Å². The fraction of sp³-hybridized carbons (Fsp3) is 0. The Morgan fingerprint density at radius 3 is 1.37 bits per heavy atom. The standard InChI is InChI=1S/C14H8Cl2O9S2/c15-7-1-3-9(11(5-7)26(19,20)21)13(17)25-14(18)10-4-2-8(16)6-12(10)27(22,23)24/h1-6H,(H,19,20,21)(H,22,23,24). The minimum atomic E-state index is -4.89. The van der Waals surface area contributed by atoms with Gasteiger partial charge in [-0.1, -0.05) is 23.2 Å². The lowest BCUT2D eigenvalue weighted by Gasteiger charge is -2.09. The number of halogens is 2. The molecule has 2 aromatic carbocycles. The van der Waals surface area contributed by atoms with E-state index in [9.17, 15) is 26.4 Å². The average Bonchev–Trinajstić information content (AvgIpc) is 2.52. The topological polar surface area (TPSA) is 152 Å².